The van der Waals surface area contributed by atoms with Crippen LogP contribution >= 0.6 is 0 Å². The third-order valence-corrected chi connectivity index (χ3v) is 5.51. The van der Waals surface area contributed by atoms with Crippen LogP contribution in [0.15, 0.2) is 18.2 Å². The van der Waals surface area contributed by atoms with Gasteiger partial charge in [-0.25, -0.2) is 4.79 Å². The number of hydrogen-bond acceptors (Lipinski definition) is 3. The molecule has 0 N–H and O–H groups in total. The fourth-order valence-corrected chi connectivity index (χ4v) is 3.54. The second-order valence-corrected chi connectivity index (χ2v) is 6.47. The van der Waals surface area contributed by atoms with Gasteiger partial charge in [0.2, 0.25) is 0 Å². The largest absolute Gasteiger partial charge is 0.389 e. The Morgan fingerprint density at radius 1 is 1.21 bits per heavy atom. The fraction of sp³-hybridized carbons (Fsp3) is 0.500. The van der Waals surface area contributed by atoms with Gasteiger partial charge < -0.3 is 4.74 Å². The van der Waals surface area contributed by atoms with Gasteiger partial charge >= 0.3 is 11.9 Å². The molecule has 19 heavy (non-hydrogen) atoms. The predicted octanol–water partition coefficient (Wildman–Crippen LogP) is 2.86. The number of cyclic esters (lactones) is 2. The molecular weight excluding hydrogens is 240 g/mol. The van der Waals surface area contributed by atoms with Crippen LogP contribution in [0.3, 0.4) is 0 Å². The molecule has 0 saturated carbocycles. The van der Waals surface area contributed by atoms with E-state index in [0.717, 1.165) is 17.5 Å². The highest BCUT2D eigenvalue weighted by Crippen LogP contribution is 2.55. The Hall–Kier alpha value is -1.64. The average molecular weight is 258 g/mol. The molecule has 1 aliphatic carbocycles. The zero-order valence-electron chi connectivity index (χ0n) is 11.7. The van der Waals surface area contributed by atoms with Crippen molar-refractivity contribution in [3.8, 4) is 0 Å². The van der Waals surface area contributed by atoms with Gasteiger partial charge in [0.1, 0.15) is 0 Å². The summed E-state index contributed by atoms with van der Waals surface area (Å²) >= 11 is 0. The van der Waals surface area contributed by atoms with Crippen molar-refractivity contribution in [1.29, 1.82) is 0 Å². The second kappa shape index (κ2) is 3.47. The summed E-state index contributed by atoms with van der Waals surface area (Å²) in [5.41, 5.74) is 1.56. The van der Waals surface area contributed by atoms with Crippen LogP contribution in [-0.2, 0) is 21.4 Å². The Morgan fingerprint density at radius 3 is 2.58 bits per heavy atom. The Kier molecular flexibility index (Phi) is 2.26. The van der Waals surface area contributed by atoms with Gasteiger partial charge in [0.05, 0.1) is 11.0 Å². The van der Waals surface area contributed by atoms with E-state index in [9.17, 15) is 9.59 Å². The maximum atomic E-state index is 12.4. The molecular formula is C16H18O3. The van der Waals surface area contributed by atoms with Crippen LogP contribution < -0.4 is 0 Å². The van der Waals surface area contributed by atoms with Gasteiger partial charge in [-0.05, 0) is 41.9 Å². The van der Waals surface area contributed by atoms with Gasteiger partial charge in [-0.1, -0.05) is 32.9 Å². The molecule has 0 amide bonds. The minimum Gasteiger partial charge on any atom is -0.389 e. The number of ether oxygens (including phenoxy) is 1. The number of carbonyl (C=O) groups is 2. The molecule has 1 aliphatic heterocycles. The van der Waals surface area contributed by atoms with E-state index in [1.807, 2.05) is 19.1 Å². The van der Waals surface area contributed by atoms with Crippen molar-refractivity contribution in [3.63, 3.8) is 0 Å². The first-order valence-electron chi connectivity index (χ1n) is 6.69. The molecule has 1 heterocycles. The lowest BCUT2D eigenvalue weighted by atomic mass is 9.51. The summed E-state index contributed by atoms with van der Waals surface area (Å²) in [4.78, 5) is 24.3. The van der Waals surface area contributed by atoms with E-state index in [4.69, 9.17) is 4.74 Å². The van der Waals surface area contributed by atoms with E-state index in [2.05, 4.69) is 20.8 Å². The summed E-state index contributed by atoms with van der Waals surface area (Å²) in [6.07, 6.45) is 0.895. The standard InChI is InChI=1S/C16H18O3/c1-9-8-10-6-5-7-11-12(10)16(4,15(9,2)3)14(18)19-13(11)17/h5-7,9H,8H2,1-4H3. The number of esters is 2. The highest BCUT2D eigenvalue weighted by Gasteiger charge is 2.59. The van der Waals surface area contributed by atoms with Gasteiger partial charge in [0, 0.05) is 0 Å². The zero-order valence-corrected chi connectivity index (χ0v) is 11.7. The first-order chi connectivity index (χ1) is 8.80. The highest BCUT2D eigenvalue weighted by atomic mass is 16.6. The van der Waals surface area contributed by atoms with E-state index in [0.29, 0.717) is 11.5 Å². The van der Waals surface area contributed by atoms with Crippen LogP contribution in [-0.4, -0.2) is 11.9 Å². The van der Waals surface area contributed by atoms with Crippen molar-refractivity contribution >= 4 is 11.9 Å². The number of hydrogen-bond donors (Lipinski definition) is 0. The van der Waals surface area contributed by atoms with Crippen LogP contribution in [0.2, 0.25) is 0 Å². The molecule has 3 heteroatoms. The second-order valence-electron chi connectivity index (χ2n) is 6.47. The summed E-state index contributed by atoms with van der Waals surface area (Å²) in [6, 6.07) is 5.66. The summed E-state index contributed by atoms with van der Waals surface area (Å²) < 4.78 is 5.01. The maximum absolute atomic E-state index is 12.4. The Labute approximate surface area is 113 Å². The van der Waals surface area contributed by atoms with E-state index in [-0.39, 0.29) is 5.41 Å². The molecule has 3 rings (SSSR count). The van der Waals surface area contributed by atoms with Gasteiger partial charge in [-0.15, -0.1) is 0 Å². The molecule has 1 aromatic carbocycles. The van der Waals surface area contributed by atoms with Crippen LogP contribution in [0.25, 0.3) is 0 Å². The molecule has 0 fully saturated rings. The maximum Gasteiger partial charge on any atom is 0.346 e. The average Bonchev–Trinajstić information content (AvgIpc) is 2.34. The molecule has 0 aromatic heterocycles. The SMILES string of the molecule is CC1Cc2cccc3c2C(C)(C(=O)OC3=O)C1(C)C. The smallest absolute Gasteiger partial charge is 0.346 e. The van der Waals surface area contributed by atoms with E-state index in [1.54, 1.807) is 6.07 Å². The lowest BCUT2D eigenvalue weighted by molar-refractivity contribution is -0.153. The first kappa shape index (κ1) is 12.4. The first-order valence-corrected chi connectivity index (χ1v) is 6.69. The Balaban J connectivity index is 2.40. The molecule has 2 atom stereocenters. The Bertz CT molecular complexity index is 600. The summed E-state index contributed by atoms with van der Waals surface area (Å²) in [7, 11) is 0. The molecule has 100 valence electrons. The topological polar surface area (TPSA) is 43.4 Å². The minimum absolute atomic E-state index is 0.242. The summed E-state index contributed by atoms with van der Waals surface area (Å²) in [5.74, 6) is -0.570. The van der Waals surface area contributed by atoms with Gasteiger partial charge in [-0.2, -0.15) is 0 Å². The van der Waals surface area contributed by atoms with Crippen molar-refractivity contribution < 1.29 is 14.3 Å². The van der Waals surface area contributed by atoms with Gasteiger partial charge in [0.25, 0.3) is 0 Å². The zero-order chi connectivity index (χ0) is 14.0. The van der Waals surface area contributed by atoms with Crippen molar-refractivity contribution in [2.24, 2.45) is 11.3 Å². The van der Waals surface area contributed by atoms with Crippen molar-refractivity contribution in [2.75, 3.05) is 0 Å². The molecule has 0 bridgehead atoms. The van der Waals surface area contributed by atoms with Crippen LogP contribution in [0.5, 0.6) is 0 Å². The van der Waals surface area contributed by atoms with Crippen LogP contribution in [0.4, 0.5) is 0 Å². The lowest BCUT2D eigenvalue weighted by Crippen LogP contribution is -2.57. The quantitative estimate of drug-likeness (QED) is 0.531. The normalized spacial score (nSPS) is 31.7. The highest BCUT2D eigenvalue weighted by molar-refractivity contribution is 6.07. The van der Waals surface area contributed by atoms with Gasteiger partial charge in [-0.3, -0.25) is 4.79 Å². The number of benzene rings is 1. The monoisotopic (exact) mass is 258 g/mol. The van der Waals surface area contributed by atoms with Crippen molar-refractivity contribution in [2.45, 2.75) is 39.5 Å². The lowest BCUT2D eigenvalue weighted by Gasteiger charge is -2.52. The molecule has 0 radical (unpaired) electrons. The number of carbonyl (C=O) groups excluding carboxylic acids is 2. The predicted molar refractivity (Wildman–Crippen MR) is 70.9 cm³/mol. The number of rotatable bonds is 0. The molecule has 2 unspecified atom stereocenters. The summed E-state index contributed by atoms with van der Waals surface area (Å²) in [5, 5.41) is 0. The van der Waals surface area contributed by atoms with Crippen LogP contribution in [0, 0.1) is 11.3 Å². The molecule has 1 aromatic rings. The third-order valence-electron chi connectivity index (χ3n) is 5.51. The van der Waals surface area contributed by atoms with Crippen LogP contribution in [0.1, 0.15) is 49.2 Å². The van der Waals surface area contributed by atoms with Crippen molar-refractivity contribution in [3.05, 3.63) is 34.9 Å². The Morgan fingerprint density at radius 2 is 1.89 bits per heavy atom. The van der Waals surface area contributed by atoms with E-state index < -0.39 is 17.4 Å². The molecule has 0 spiro atoms. The fourth-order valence-electron chi connectivity index (χ4n) is 3.54. The molecule has 2 aliphatic rings. The minimum atomic E-state index is -0.746. The van der Waals surface area contributed by atoms with Gasteiger partial charge in [0.15, 0.2) is 0 Å². The molecule has 0 saturated heterocycles. The third kappa shape index (κ3) is 1.28. The summed E-state index contributed by atoms with van der Waals surface area (Å²) in [6.45, 7) is 8.26. The van der Waals surface area contributed by atoms with E-state index >= 15 is 0 Å². The van der Waals surface area contributed by atoms with E-state index in [1.165, 1.54) is 0 Å². The van der Waals surface area contributed by atoms with Crippen molar-refractivity contribution in [1.82, 2.24) is 0 Å². The molecule has 3 nitrogen and oxygen atoms in total.